The molecule has 0 aliphatic rings. The predicted molar refractivity (Wildman–Crippen MR) is 101 cm³/mol. The topological polar surface area (TPSA) is 83.1 Å². The van der Waals surface area contributed by atoms with Gasteiger partial charge in [0.2, 0.25) is 0 Å². The SMILES string of the molecule is COc1cc(OC)c(C(=O)O[C@@H](C)C(=O)Nc2cccc(C(F)(F)F)c2)cc1OC. The molecule has 2 aromatic rings. The predicted octanol–water partition coefficient (Wildman–Crippen LogP) is 3.92. The molecular weight excluding hydrogens is 407 g/mol. The largest absolute Gasteiger partial charge is 0.496 e. The Morgan fingerprint density at radius 3 is 2.10 bits per heavy atom. The number of hydrogen-bond donors (Lipinski definition) is 1. The Labute approximate surface area is 170 Å². The molecule has 0 spiro atoms. The Hall–Kier alpha value is -3.43. The van der Waals surface area contributed by atoms with Crippen LogP contribution in [0, 0.1) is 0 Å². The molecule has 162 valence electrons. The third kappa shape index (κ3) is 5.34. The molecule has 30 heavy (non-hydrogen) atoms. The van der Waals surface area contributed by atoms with Crippen LogP contribution in [0.3, 0.4) is 0 Å². The number of alkyl halides is 3. The van der Waals surface area contributed by atoms with Gasteiger partial charge in [0, 0.05) is 17.8 Å². The van der Waals surface area contributed by atoms with Crippen molar-refractivity contribution in [3.05, 3.63) is 47.5 Å². The van der Waals surface area contributed by atoms with E-state index in [2.05, 4.69) is 5.32 Å². The molecule has 0 radical (unpaired) electrons. The molecule has 0 aliphatic heterocycles. The van der Waals surface area contributed by atoms with Crippen LogP contribution < -0.4 is 19.5 Å². The molecule has 2 aromatic carbocycles. The van der Waals surface area contributed by atoms with Crippen LogP contribution in [0.1, 0.15) is 22.8 Å². The van der Waals surface area contributed by atoms with Crippen LogP contribution >= 0.6 is 0 Å². The van der Waals surface area contributed by atoms with Gasteiger partial charge in [-0.2, -0.15) is 13.2 Å². The highest BCUT2D eigenvalue weighted by Gasteiger charge is 2.31. The molecule has 7 nitrogen and oxygen atoms in total. The molecule has 0 heterocycles. The van der Waals surface area contributed by atoms with E-state index in [0.717, 1.165) is 18.2 Å². The van der Waals surface area contributed by atoms with Crippen molar-refractivity contribution in [1.82, 2.24) is 0 Å². The normalized spacial score (nSPS) is 12.0. The molecule has 0 fully saturated rings. The van der Waals surface area contributed by atoms with Gasteiger partial charge < -0.3 is 24.3 Å². The molecule has 1 amide bonds. The van der Waals surface area contributed by atoms with E-state index in [4.69, 9.17) is 18.9 Å². The van der Waals surface area contributed by atoms with Crippen LogP contribution in [0.4, 0.5) is 18.9 Å². The van der Waals surface area contributed by atoms with Gasteiger partial charge in [0.1, 0.15) is 11.3 Å². The van der Waals surface area contributed by atoms with Crippen molar-refractivity contribution in [3.8, 4) is 17.2 Å². The maximum absolute atomic E-state index is 12.8. The minimum absolute atomic E-state index is 0.0196. The molecule has 0 aromatic heterocycles. The lowest BCUT2D eigenvalue weighted by molar-refractivity contribution is -0.137. The second-order valence-electron chi connectivity index (χ2n) is 6.02. The molecule has 0 saturated carbocycles. The molecule has 1 atom stereocenters. The van der Waals surface area contributed by atoms with Gasteiger partial charge in [-0.05, 0) is 25.1 Å². The van der Waals surface area contributed by atoms with Crippen LogP contribution in [-0.2, 0) is 15.7 Å². The van der Waals surface area contributed by atoms with E-state index in [0.29, 0.717) is 5.75 Å². The first-order chi connectivity index (χ1) is 14.1. The Morgan fingerprint density at radius 2 is 1.53 bits per heavy atom. The zero-order valence-corrected chi connectivity index (χ0v) is 16.6. The first kappa shape index (κ1) is 22.9. The zero-order chi connectivity index (χ0) is 22.5. The number of anilines is 1. The van der Waals surface area contributed by atoms with Crippen LogP contribution in [0.5, 0.6) is 17.2 Å². The highest BCUT2D eigenvalue weighted by molar-refractivity contribution is 5.98. The Balaban J connectivity index is 2.15. The first-order valence-corrected chi connectivity index (χ1v) is 8.59. The van der Waals surface area contributed by atoms with Gasteiger partial charge in [-0.15, -0.1) is 0 Å². The van der Waals surface area contributed by atoms with Gasteiger partial charge >= 0.3 is 12.1 Å². The molecule has 0 saturated heterocycles. The highest BCUT2D eigenvalue weighted by atomic mass is 19.4. The summed E-state index contributed by atoms with van der Waals surface area (Å²) in [5.41, 5.74) is -1.02. The van der Waals surface area contributed by atoms with Crippen molar-refractivity contribution < 1.29 is 41.7 Å². The number of hydrogen-bond acceptors (Lipinski definition) is 6. The first-order valence-electron chi connectivity index (χ1n) is 8.59. The summed E-state index contributed by atoms with van der Waals surface area (Å²) < 4.78 is 58.9. The van der Waals surface area contributed by atoms with Gasteiger partial charge in [-0.3, -0.25) is 4.79 Å². The number of rotatable bonds is 7. The van der Waals surface area contributed by atoms with Gasteiger partial charge in [-0.25, -0.2) is 4.79 Å². The van der Waals surface area contributed by atoms with E-state index in [1.165, 1.54) is 46.5 Å². The zero-order valence-electron chi connectivity index (χ0n) is 16.6. The van der Waals surface area contributed by atoms with E-state index >= 15 is 0 Å². The second-order valence-corrected chi connectivity index (χ2v) is 6.02. The molecule has 0 bridgehead atoms. The Bertz CT molecular complexity index is 929. The maximum Gasteiger partial charge on any atom is 0.416 e. The van der Waals surface area contributed by atoms with Crippen LogP contribution in [0.15, 0.2) is 36.4 Å². The number of amides is 1. The van der Waals surface area contributed by atoms with Gasteiger partial charge in [-0.1, -0.05) is 6.07 Å². The Morgan fingerprint density at radius 1 is 0.933 bits per heavy atom. The van der Waals surface area contributed by atoms with E-state index in [9.17, 15) is 22.8 Å². The van der Waals surface area contributed by atoms with E-state index in [1.54, 1.807) is 0 Å². The van der Waals surface area contributed by atoms with Gasteiger partial charge in [0.25, 0.3) is 5.91 Å². The number of ether oxygens (including phenoxy) is 4. The Kier molecular flexibility index (Phi) is 7.14. The van der Waals surface area contributed by atoms with E-state index in [-0.39, 0.29) is 22.7 Å². The fourth-order valence-corrected chi connectivity index (χ4v) is 2.48. The molecule has 1 N–H and O–H groups in total. The minimum Gasteiger partial charge on any atom is -0.496 e. The highest BCUT2D eigenvalue weighted by Crippen LogP contribution is 2.35. The lowest BCUT2D eigenvalue weighted by atomic mass is 10.1. The van der Waals surface area contributed by atoms with Crippen molar-refractivity contribution in [2.24, 2.45) is 0 Å². The van der Waals surface area contributed by atoms with Crippen molar-refractivity contribution >= 4 is 17.6 Å². The van der Waals surface area contributed by atoms with Crippen molar-refractivity contribution in [2.75, 3.05) is 26.6 Å². The average Bonchev–Trinajstić information content (AvgIpc) is 2.71. The summed E-state index contributed by atoms with van der Waals surface area (Å²) >= 11 is 0. The minimum atomic E-state index is -4.55. The number of nitrogens with one attached hydrogen (secondary N) is 1. The number of carbonyl (C=O) groups excluding carboxylic acids is 2. The molecular formula is C20H20F3NO6. The summed E-state index contributed by atoms with van der Waals surface area (Å²) in [6.45, 7) is 1.29. The summed E-state index contributed by atoms with van der Waals surface area (Å²) in [5.74, 6) is -1.00. The number of benzene rings is 2. The van der Waals surface area contributed by atoms with Crippen LogP contribution in [0.25, 0.3) is 0 Å². The number of carbonyl (C=O) groups is 2. The lowest BCUT2D eigenvalue weighted by Gasteiger charge is -2.17. The summed E-state index contributed by atoms with van der Waals surface area (Å²) in [6.07, 6.45) is -5.85. The second kappa shape index (κ2) is 9.38. The van der Waals surface area contributed by atoms with Crippen molar-refractivity contribution in [3.63, 3.8) is 0 Å². The summed E-state index contributed by atoms with van der Waals surface area (Å²) in [7, 11) is 4.13. The van der Waals surface area contributed by atoms with E-state index in [1.807, 2.05) is 0 Å². The molecule has 0 unspecified atom stereocenters. The smallest absolute Gasteiger partial charge is 0.416 e. The third-order valence-corrected chi connectivity index (χ3v) is 4.04. The number of esters is 1. The fraction of sp³-hybridized carbons (Fsp3) is 0.300. The van der Waals surface area contributed by atoms with Crippen LogP contribution in [-0.4, -0.2) is 39.3 Å². The monoisotopic (exact) mass is 427 g/mol. The third-order valence-electron chi connectivity index (χ3n) is 4.04. The van der Waals surface area contributed by atoms with Gasteiger partial charge in [0.15, 0.2) is 17.6 Å². The molecule has 10 heteroatoms. The number of halogens is 3. The van der Waals surface area contributed by atoms with Crippen LogP contribution in [0.2, 0.25) is 0 Å². The van der Waals surface area contributed by atoms with E-state index < -0.39 is 29.7 Å². The molecule has 2 rings (SSSR count). The molecule has 0 aliphatic carbocycles. The summed E-state index contributed by atoms with van der Waals surface area (Å²) in [5, 5.41) is 2.29. The lowest BCUT2D eigenvalue weighted by Crippen LogP contribution is -2.30. The standard InChI is InChI=1S/C20H20F3NO6/c1-11(18(25)24-13-7-5-6-12(8-13)20(21,22)23)30-19(26)14-9-16(28-3)17(29-4)10-15(14)27-2/h5-11H,1-4H3,(H,24,25)/t11-/m0/s1. The van der Waals surface area contributed by atoms with Crippen molar-refractivity contribution in [1.29, 1.82) is 0 Å². The summed E-state index contributed by atoms with van der Waals surface area (Å²) in [4.78, 5) is 24.8. The quantitative estimate of drug-likeness (QED) is 0.675. The maximum atomic E-state index is 12.8. The van der Waals surface area contributed by atoms with Gasteiger partial charge in [0.05, 0.1) is 26.9 Å². The summed E-state index contributed by atoms with van der Waals surface area (Å²) in [6, 6.07) is 6.86. The fourth-order valence-electron chi connectivity index (χ4n) is 2.48. The number of methoxy groups -OCH3 is 3. The average molecular weight is 427 g/mol. The van der Waals surface area contributed by atoms with Crippen molar-refractivity contribution in [2.45, 2.75) is 19.2 Å².